The third-order valence-corrected chi connectivity index (χ3v) is 11.2. The monoisotopic (exact) mass is 609 g/mol. The quantitative estimate of drug-likeness (QED) is 0.376. The number of likely N-dealkylation sites (tertiary alicyclic amines) is 1. The lowest BCUT2D eigenvalue weighted by molar-refractivity contribution is -0.129. The fourth-order valence-corrected chi connectivity index (χ4v) is 8.94. The molecule has 2 N–H and O–H groups in total. The molecule has 3 amide bonds. The molecule has 1 aromatic carbocycles. The lowest BCUT2D eigenvalue weighted by atomic mass is 9.79. The topological polar surface area (TPSA) is 94.6 Å². The van der Waals surface area contributed by atoms with E-state index in [1.54, 1.807) is 42.1 Å². The molecule has 226 valence electrons. The Bertz CT molecular complexity index is 1170. The van der Waals surface area contributed by atoms with Gasteiger partial charge < -0.3 is 10.2 Å². The summed E-state index contributed by atoms with van der Waals surface area (Å²) in [5, 5.41) is 3.26. The van der Waals surface area contributed by atoms with Crippen LogP contribution in [0.3, 0.4) is 0 Å². The van der Waals surface area contributed by atoms with Crippen molar-refractivity contribution in [3.05, 3.63) is 66.0 Å². The van der Waals surface area contributed by atoms with E-state index >= 15 is 0 Å². The Morgan fingerprint density at radius 1 is 1.00 bits per heavy atom. The van der Waals surface area contributed by atoms with E-state index < -0.39 is 12.1 Å². The number of aromatic nitrogens is 1. The summed E-state index contributed by atoms with van der Waals surface area (Å²) < 4.78 is 3.14. The summed E-state index contributed by atoms with van der Waals surface area (Å²) in [7, 11) is 0. The predicted octanol–water partition coefficient (Wildman–Crippen LogP) is 4.73. The molecule has 1 aromatic heterocycles. The first-order valence-corrected chi connectivity index (χ1v) is 17.3. The highest BCUT2D eigenvalue weighted by molar-refractivity contribution is 7.99. The minimum atomic E-state index is -0.689. The normalized spacial score (nSPS) is 21.9. The number of nitrogens with zero attached hydrogens (tertiary/aromatic N) is 3. The van der Waals surface area contributed by atoms with E-state index in [-0.39, 0.29) is 17.7 Å². The Hall–Kier alpha value is -2.56. The van der Waals surface area contributed by atoms with Crippen LogP contribution in [0.2, 0.25) is 0 Å². The zero-order chi connectivity index (χ0) is 29.3. The summed E-state index contributed by atoms with van der Waals surface area (Å²) in [5.41, 5.74) is 1.82. The SMILES string of the molecule is C[C@@H](NC(=O)[C@@H]1CSCN1C(=O)c1cccnc1)C(=O)NSC(C1CCCCC1)C1CCN(Cc2ccccc2)CC1. The van der Waals surface area contributed by atoms with Crippen molar-refractivity contribution in [2.45, 2.75) is 75.7 Å². The van der Waals surface area contributed by atoms with Crippen LogP contribution < -0.4 is 10.0 Å². The second kappa shape index (κ2) is 15.3. The lowest BCUT2D eigenvalue weighted by Gasteiger charge is -2.40. The van der Waals surface area contributed by atoms with Crippen LogP contribution in [0.15, 0.2) is 54.9 Å². The number of carbonyl (C=O) groups excluding carboxylic acids is 3. The van der Waals surface area contributed by atoms with Crippen LogP contribution in [0.1, 0.15) is 67.8 Å². The zero-order valence-corrected chi connectivity index (χ0v) is 26.1. The molecular weight excluding hydrogens is 567 g/mol. The molecule has 10 heteroatoms. The lowest BCUT2D eigenvalue weighted by Crippen LogP contribution is -2.52. The van der Waals surface area contributed by atoms with Crippen molar-refractivity contribution in [3.8, 4) is 0 Å². The van der Waals surface area contributed by atoms with Crippen LogP contribution in [0, 0.1) is 11.8 Å². The molecule has 8 nitrogen and oxygen atoms in total. The summed E-state index contributed by atoms with van der Waals surface area (Å²) in [6.45, 7) is 4.88. The summed E-state index contributed by atoms with van der Waals surface area (Å²) in [5.74, 6) is 1.43. The first-order chi connectivity index (χ1) is 20.5. The van der Waals surface area contributed by atoms with Crippen LogP contribution in [0.25, 0.3) is 0 Å². The number of thioether (sulfide) groups is 1. The van der Waals surface area contributed by atoms with Crippen molar-refractivity contribution >= 4 is 41.4 Å². The van der Waals surface area contributed by atoms with Gasteiger partial charge in [-0.2, -0.15) is 0 Å². The molecule has 0 radical (unpaired) electrons. The van der Waals surface area contributed by atoms with Crippen LogP contribution in [-0.2, 0) is 16.1 Å². The van der Waals surface area contributed by atoms with Gasteiger partial charge in [0.25, 0.3) is 11.8 Å². The number of carbonyl (C=O) groups is 3. The molecule has 1 unspecified atom stereocenters. The van der Waals surface area contributed by atoms with Gasteiger partial charge in [-0.15, -0.1) is 11.8 Å². The molecular formula is C32H43N5O3S2. The highest BCUT2D eigenvalue weighted by Crippen LogP contribution is 2.39. The third kappa shape index (κ3) is 8.08. The van der Waals surface area contributed by atoms with E-state index in [0.29, 0.717) is 34.3 Å². The van der Waals surface area contributed by atoms with E-state index in [0.717, 1.165) is 32.5 Å². The average molecular weight is 610 g/mol. The van der Waals surface area contributed by atoms with E-state index in [9.17, 15) is 14.4 Å². The Morgan fingerprint density at radius 2 is 1.74 bits per heavy atom. The van der Waals surface area contributed by atoms with Gasteiger partial charge >= 0.3 is 0 Å². The van der Waals surface area contributed by atoms with Gasteiger partial charge in [0.1, 0.15) is 12.1 Å². The van der Waals surface area contributed by atoms with Gasteiger partial charge in [0, 0.05) is 29.9 Å². The van der Waals surface area contributed by atoms with Crippen LogP contribution in [0.4, 0.5) is 0 Å². The Labute approximate surface area is 258 Å². The number of benzene rings is 1. The number of piperidine rings is 1. The molecule has 5 rings (SSSR count). The molecule has 3 heterocycles. The van der Waals surface area contributed by atoms with E-state index in [1.807, 2.05) is 0 Å². The number of nitrogens with one attached hydrogen (secondary N) is 2. The van der Waals surface area contributed by atoms with Gasteiger partial charge in [-0.3, -0.25) is 29.0 Å². The van der Waals surface area contributed by atoms with Gasteiger partial charge in [-0.25, -0.2) is 0 Å². The summed E-state index contributed by atoms with van der Waals surface area (Å²) in [6.07, 6.45) is 11.7. The summed E-state index contributed by atoms with van der Waals surface area (Å²) in [6, 6.07) is 12.8. The Kier molecular flexibility index (Phi) is 11.2. The first kappa shape index (κ1) is 30.9. The minimum absolute atomic E-state index is 0.188. The smallest absolute Gasteiger partial charge is 0.256 e. The van der Waals surface area contributed by atoms with Crippen LogP contribution in [0.5, 0.6) is 0 Å². The van der Waals surface area contributed by atoms with Crippen molar-refractivity contribution in [1.82, 2.24) is 24.8 Å². The third-order valence-electron chi connectivity index (χ3n) is 8.86. The zero-order valence-electron chi connectivity index (χ0n) is 24.5. The highest BCUT2D eigenvalue weighted by atomic mass is 32.2. The molecule has 3 atom stereocenters. The number of rotatable bonds is 10. The number of hydrogen-bond acceptors (Lipinski definition) is 7. The van der Waals surface area contributed by atoms with E-state index in [1.165, 1.54) is 55.6 Å². The molecule has 3 aliphatic rings. The summed E-state index contributed by atoms with van der Waals surface area (Å²) >= 11 is 3.13. The average Bonchev–Trinajstić information content (AvgIpc) is 3.53. The van der Waals surface area contributed by atoms with Crippen molar-refractivity contribution in [1.29, 1.82) is 0 Å². The number of hydrogen-bond donors (Lipinski definition) is 2. The van der Waals surface area contributed by atoms with E-state index in [4.69, 9.17) is 0 Å². The van der Waals surface area contributed by atoms with Gasteiger partial charge in [0.15, 0.2) is 0 Å². The molecule has 0 bridgehead atoms. The highest BCUT2D eigenvalue weighted by Gasteiger charge is 2.37. The fourth-order valence-electron chi connectivity index (χ4n) is 6.43. The number of amides is 3. The van der Waals surface area contributed by atoms with Crippen molar-refractivity contribution < 1.29 is 14.4 Å². The Morgan fingerprint density at radius 3 is 2.45 bits per heavy atom. The molecule has 2 aliphatic heterocycles. The molecule has 2 aromatic rings. The van der Waals surface area contributed by atoms with Crippen molar-refractivity contribution in [3.63, 3.8) is 0 Å². The minimum Gasteiger partial charge on any atom is -0.343 e. The molecule has 1 aliphatic carbocycles. The molecule has 0 spiro atoms. The molecule has 2 saturated heterocycles. The van der Waals surface area contributed by atoms with Gasteiger partial charge in [-0.05, 0) is 87.2 Å². The van der Waals surface area contributed by atoms with Gasteiger partial charge in [-0.1, -0.05) is 49.6 Å². The standard InChI is InChI=1S/C32H43N5O3S2/c1-23(34-31(39)28-21-41-22-37(28)32(40)27-13-8-16-33-19-27)30(38)35-42-29(25-11-6-3-7-12-25)26-14-17-36(18-15-26)20-24-9-4-2-5-10-24/h2,4-5,8-10,13,16,19,23,25-26,28-29H,3,6-7,11-12,14-15,17-18,20-22H2,1H3,(H,34,39)(H,35,38)/t23-,28+,29?/m1/s1. The van der Waals surface area contributed by atoms with E-state index in [2.05, 4.69) is 50.3 Å². The molecule has 3 fully saturated rings. The summed E-state index contributed by atoms with van der Waals surface area (Å²) in [4.78, 5) is 47.5. The predicted molar refractivity (Wildman–Crippen MR) is 170 cm³/mol. The van der Waals surface area contributed by atoms with Crippen molar-refractivity contribution in [2.24, 2.45) is 11.8 Å². The second-order valence-electron chi connectivity index (χ2n) is 11.8. The molecule has 42 heavy (non-hydrogen) atoms. The fraction of sp³-hybridized carbons (Fsp3) is 0.562. The van der Waals surface area contributed by atoms with Crippen molar-refractivity contribution in [2.75, 3.05) is 24.7 Å². The first-order valence-electron chi connectivity index (χ1n) is 15.3. The molecule has 1 saturated carbocycles. The second-order valence-corrected chi connectivity index (χ2v) is 13.8. The van der Waals surface area contributed by atoms with Gasteiger partial charge in [0.05, 0.1) is 11.4 Å². The maximum atomic E-state index is 13.2. The largest absolute Gasteiger partial charge is 0.343 e. The van der Waals surface area contributed by atoms with Crippen LogP contribution >= 0.6 is 23.7 Å². The maximum Gasteiger partial charge on any atom is 0.256 e. The maximum absolute atomic E-state index is 13.2. The Balaban J connectivity index is 1.13. The van der Waals surface area contributed by atoms with Crippen LogP contribution in [-0.4, -0.2) is 74.6 Å². The number of pyridine rings is 1. The van der Waals surface area contributed by atoms with Gasteiger partial charge in [0.2, 0.25) is 5.91 Å².